The zero-order valence-corrected chi connectivity index (χ0v) is 14.5. The minimum Gasteiger partial charge on any atom is -0.547 e. The third-order valence-corrected chi connectivity index (χ3v) is 5.04. The van der Waals surface area contributed by atoms with Gasteiger partial charge in [-0.15, -0.1) is 0 Å². The second-order valence-electron chi connectivity index (χ2n) is 6.81. The van der Waals surface area contributed by atoms with E-state index in [1.807, 2.05) is 6.07 Å². The monoisotopic (exact) mass is 396 g/mol. The number of carbonyl (C=O) groups is 2. The summed E-state index contributed by atoms with van der Waals surface area (Å²) < 4.78 is 38.7. The molecule has 2 atom stereocenters. The Kier molecular flexibility index (Phi) is 4.97. The SMILES string of the molecule is O=C(NC1(C(=O)[O-])C=C(O)C(C(F)(F)F)=CC1O)c1cccc2c1CCCC2. The van der Waals surface area contributed by atoms with Crippen molar-refractivity contribution >= 4 is 11.9 Å². The Morgan fingerprint density at radius 3 is 2.54 bits per heavy atom. The van der Waals surface area contributed by atoms with Crippen molar-refractivity contribution in [3.8, 4) is 0 Å². The van der Waals surface area contributed by atoms with Crippen molar-refractivity contribution in [2.24, 2.45) is 0 Å². The van der Waals surface area contributed by atoms with Gasteiger partial charge in [0.05, 0.1) is 11.5 Å². The van der Waals surface area contributed by atoms with Crippen LogP contribution in [0, 0.1) is 0 Å². The maximum Gasteiger partial charge on any atom is 0.419 e. The number of fused-ring (bicyclic) bond motifs is 1. The molecule has 9 heteroatoms. The van der Waals surface area contributed by atoms with E-state index in [0.717, 1.165) is 30.4 Å². The van der Waals surface area contributed by atoms with Gasteiger partial charge in [-0.05, 0) is 55.0 Å². The highest BCUT2D eigenvalue weighted by atomic mass is 19.4. The van der Waals surface area contributed by atoms with Crippen LogP contribution in [0.3, 0.4) is 0 Å². The topological polar surface area (TPSA) is 110 Å². The van der Waals surface area contributed by atoms with Crippen LogP contribution in [0.1, 0.15) is 34.3 Å². The number of rotatable bonds is 3. The van der Waals surface area contributed by atoms with Crippen LogP contribution in [-0.2, 0) is 17.6 Å². The summed E-state index contributed by atoms with van der Waals surface area (Å²) in [4.78, 5) is 24.5. The Hall–Kier alpha value is -2.81. The van der Waals surface area contributed by atoms with Gasteiger partial charge in [0.15, 0.2) is 0 Å². The number of aliphatic hydroxyl groups is 2. The second kappa shape index (κ2) is 6.97. The summed E-state index contributed by atoms with van der Waals surface area (Å²) in [7, 11) is 0. The molecule has 0 saturated heterocycles. The van der Waals surface area contributed by atoms with Gasteiger partial charge in [-0.1, -0.05) is 12.1 Å². The second-order valence-corrected chi connectivity index (χ2v) is 6.81. The molecular weight excluding hydrogens is 379 g/mol. The van der Waals surface area contributed by atoms with E-state index in [1.165, 1.54) is 6.07 Å². The molecule has 0 heterocycles. The summed E-state index contributed by atoms with van der Waals surface area (Å²) in [6.07, 6.45) is -3.78. The van der Waals surface area contributed by atoms with Gasteiger partial charge in [0.1, 0.15) is 17.4 Å². The van der Waals surface area contributed by atoms with E-state index in [0.29, 0.717) is 6.42 Å². The van der Waals surface area contributed by atoms with Gasteiger partial charge in [0.2, 0.25) is 0 Å². The molecule has 0 radical (unpaired) electrons. The smallest absolute Gasteiger partial charge is 0.419 e. The number of aliphatic carboxylic acids is 1. The fourth-order valence-electron chi connectivity index (χ4n) is 3.58. The van der Waals surface area contributed by atoms with E-state index in [-0.39, 0.29) is 17.7 Å². The number of alkyl halides is 3. The van der Waals surface area contributed by atoms with E-state index < -0.39 is 41.0 Å². The summed E-state index contributed by atoms with van der Waals surface area (Å²) in [6, 6.07) is 4.94. The molecule has 2 unspecified atom stereocenters. The lowest BCUT2D eigenvalue weighted by Crippen LogP contribution is -2.66. The molecule has 6 nitrogen and oxygen atoms in total. The predicted molar refractivity (Wildman–Crippen MR) is 89.1 cm³/mol. The standard InChI is InChI=1S/C19H18F3NO5/c20-19(21,22)13-8-15(25)18(17(27)28,9-14(13)24)23-16(26)12-7-3-5-10-4-1-2-6-11(10)12/h3,5,7-9,15,24-25H,1-2,4,6H2,(H,23,26)(H,27,28)/p-1. The third kappa shape index (κ3) is 3.37. The summed E-state index contributed by atoms with van der Waals surface area (Å²) in [6.45, 7) is 0. The number of allylic oxidation sites excluding steroid dienone is 1. The molecule has 2 aliphatic rings. The van der Waals surface area contributed by atoms with Crippen LogP contribution in [-0.4, -0.2) is 39.9 Å². The lowest BCUT2D eigenvalue weighted by Gasteiger charge is -2.39. The minimum atomic E-state index is -5.01. The summed E-state index contributed by atoms with van der Waals surface area (Å²) in [5.74, 6) is -4.37. The Morgan fingerprint density at radius 2 is 1.89 bits per heavy atom. The highest BCUT2D eigenvalue weighted by molar-refractivity contribution is 6.00. The van der Waals surface area contributed by atoms with Crippen LogP contribution >= 0.6 is 0 Å². The number of aliphatic hydroxyl groups excluding tert-OH is 2. The minimum absolute atomic E-state index is 0.145. The number of benzene rings is 1. The normalized spacial score (nSPS) is 24.6. The molecule has 0 fully saturated rings. The van der Waals surface area contributed by atoms with Crippen LogP contribution in [0.2, 0.25) is 0 Å². The predicted octanol–water partition coefficient (Wildman–Crippen LogP) is 1.09. The van der Waals surface area contributed by atoms with Gasteiger partial charge in [0.25, 0.3) is 5.91 Å². The number of halogens is 3. The molecule has 3 rings (SSSR count). The number of hydrogen-bond donors (Lipinski definition) is 3. The quantitative estimate of drug-likeness (QED) is 0.709. The molecule has 150 valence electrons. The van der Waals surface area contributed by atoms with Gasteiger partial charge in [-0.3, -0.25) is 4.79 Å². The first-order chi connectivity index (χ1) is 13.1. The number of aryl methyl sites for hydroxylation is 1. The Morgan fingerprint density at radius 1 is 1.21 bits per heavy atom. The molecule has 28 heavy (non-hydrogen) atoms. The molecule has 1 aromatic rings. The van der Waals surface area contributed by atoms with Gasteiger partial charge in [0, 0.05) is 5.56 Å². The fourth-order valence-corrected chi connectivity index (χ4v) is 3.58. The first-order valence-corrected chi connectivity index (χ1v) is 8.60. The first kappa shape index (κ1) is 19.9. The van der Waals surface area contributed by atoms with Crippen LogP contribution in [0.5, 0.6) is 0 Å². The summed E-state index contributed by atoms with van der Waals surface area (Å²) in [5.41, 5.74) is -2.51. The van der Waals surface area contributed by atoms with Gasteiger partial charge >= 0.3 is 6.18 Å². The van der Waals surface area contributed by atoms with Crippen LogP contribution in [0.15, 0.2) is 41.7 Å². The summed E-state index contributed by atoms with van der Waals surface area (Å²) in [5, 5.41) is 33.6. The van der Waals surface area contributed by atoms with Gasteiger partial charge < -0.3 is 25.4 Å². The summed E-state index contributed by atoms with van der Waals surface area (Å²) >= 11 is 0. The van der Waals surface area contributed by atoms with Crippen LogP contribution < -0.4 is 10.4 Å². The molecule has 2 aliphatic carbocycles. The highest BCUT2D eigenvalue weighted by Crippen LogP contribution is 2.36. The number of hydrogen-bond acceptors (Lipinski definition) is 5. The Bertz CT molecular complexity index is 890. The van der Waals surface area contributed by atoms with E-state index in [9.17, 15) is 38.1 Å². The van der Waals surface area contributed by atoms with Crippen molar-refractivity contribution < 1.29 is 38.1 Å². The van der Waals surface area contributed by atoms with Crippen LogP contribution in [0.4, 0.5) is 13.2 Å². The third-order valence-electron chi connectivity index (χ3n) is 5.04. The molecular formula is C19H17F3NO5-. The number of nitrogens with one attached hydrogen (secondary N) is 1. The van der Waals surface area contributed by atoms with E-state index in [2.05, 4.69) is 5.32 Å². The molecule has 3 N–H and O–H groups in total. The zero-order valence-electron chi connectivity index (χ0n) is 14.5. The van der Waals surface area contributed by atoms with E-state index in [4.69, 9.17) is 0 Å². The van der Waals surface area contributed by atoms with Crippen molar-refractivity contribution in [3.05, 3.63) is 58.4 Å². The molecule has 0 aromatic heterocycles. The average molecular weight is 396 g/mol. The average Bonchev–Trinajstić information content (AvgIpc) is 2.62. The highest BCUT2D eigenvalue weighted by Gasteiger charge is 2.47. The lowest BCUT2D eigenvalue weighted by atomic mass is 9.83. The largest absolute Gasteiger partial charge is 0.547 e. The molecule has 1 aromatic carbocycles. The lowest BCUT2D eigenvalue weighted by molar-refractivity contribution is -0.314. The Labute approximate surface area is 158 Å². The first-order valence-electron chi connectivity index (χ1n) is 8.60. The number of carboxylic acid groups (broad SMARTS) is 1. The van der Waals surface area contributed by atoms with E-state index in [1.54, 1.807) is 6.07 Å². The maximum atomic E-state index is 12.9. The van der Waals surface area contributed by atoms with Crippen molar-refractivity contribution in [2.75, 3.05) is 0 Å². The van der Waals surface area contributed by atoms with Crippen molar-refractivity contribution in [3.63, 3.8) is 0 Å². The fraction of sp³-hybridized carbons (Fsp3) is 0.368. The molecule has 0 aliphatic heterocycles. The maximum absolute atomic E-state index is 12.9. The molecule has 0 saturated carbocycles. The van der Waals surface area contributed by atoms with Crippen molar-refractivity contribution in [1.82, 2.24) is 5.32 Å². The van der Waals surface area contributed by atoms with Gasteiger partial charge in [-0.25, -0.2) is 0 Å². The van der Waals surface area contributed by atoms with Crippen molar-refractivity contribution in [1.29, 1.82) is 0 Å². The number of amides is 1. The Balaban J connectivity index is 1.98. The van der Waals surface area contributed by atoms with E-state index >= 15 is 0 Å². The van der Waals surface area contributed by atoms with Gasteiger partial charge in [-0.2, -0.15) is 13.2 Å². The number of carboxylic acids is 1. The molecule has 1 amide bonds. The molecule has 0 spiro atoms. The zero-order chi connectivity index (χ0) is 20.7. The van der Waals surface area contributed by atoms with Crippen LogP contribution in [0.25, 0.3) is 0 Å². The van der Waals surface area contributed by atoms with Crippen molar-refractivity contribution in [2.45, 2.75) is 43.5 Å². The molecule has 0 bridgehead atoms. The number of carbonyl (C=O) groups excluding carboxylic acids is 2.